The van der Waals surface area contributed by atoms with Gasteiger partial charge in [0.15, 0.2) is 7.28 Å². The average Bonchev–Trinajstić information content (AvgIpc) is 2.68. The van der Waals surface area contributed by atoms with Crippen molar-refractivity contribution in [2.24, 2.45) is 5.92 Å². The first-order valence-corrected chi connectivity index (χ1v) is 9.88. The van der Waals surface area contributed by atoms with E-state index in [4.69, 9.17) is 9.47 Å². The van der Waals surface area contributed by atoms with Gasteiger partial charge in [0.2, 0.25) is 6.79 Å². The van der Waals surface area contributed by atoms with E-state index in [2.05, 4.69) is 24.9 Å². The van der Waals surface area contributed by atoms with Gasteiger partial charge in [-0.15, -0.1) is 0 Å². The van der Waals surface area contributed by atoms with Gasteiger partial charge in [-0.2, -0.15) is 0 Å². The van der Waals surface area contributed by atoms with Gasteiger partial charge in [-0.3, -0.25) is 4.79 Å². The molecule has 0 amide bonds. The molecule has 0 unspecified atom stereocenters. The van der Waals surface area contributed by atoms with Crippen LogP contribution in [0.5, 0.6) is 0 Å². The molecule has 0 spiro atoms. The van der Waals surface area contributed by atoms with Crippen molar-refractivity contribution in [3.05, 3.63) is 47.2 Å². The number of hydrogen-bond acceptors (Lipinski definition) is 5. The minimum absolute atomic E-state index is 0.143. The minimum atomic E-state index is -0.437. The van der Waals surface area contributed by atoms with Crippen LogP contribution in [0.1, 0.15) is 61.5 Å². The molecule has 0 aliphatic carbocycles. The number of fused-ring (bicyclic) bond motifs is 1. The Bertz CT molecular complexity index is 685. The molecule has 27 heavy (non-hydrogen) atoms. The van der Waals surface area contributed by atoms with Gasteiger partial charge < -0.3 is 14.8 Å². The lowest BCUT2D eigenvalue weighted by Gasteiger charge is -2.27. The van der Waals surface area contributed by atoms with E-state index in [-0.39, 0.29) is 18.7 Å². The zero-order valence-corrected chi connectivity index (χ0v) is 16.7. The molecule has 1 heterocycles. The summed E-state index contributed by atoms with van der Waals surface area (Å²) in [5.74, 6) is -0.547. The smallest absolute Gasteiger partial charge is 0.341 e. The van der Waals surface area contributed by atoms with Crippen molar-refractivity contribution in [3.8, 4) is 0 Å². The van der Waals surface area contributed by atoms with Crippen LogP contribution in [0, 0.1) is 5.92 Å². The molecule has 2 rings (SSSR count). The third-order valence-electron chi connectivity index (χ3n) is 5.25. The van der Waals surface area contributed by atoms with E-state index in [1.165, 1.54) is 0 Å². The maximum Gasteiger partial charge on any atom is 0.341 e. The van der Waals surface area contributed by atoms with Gasteiger partial charge >= 0.3 is 11.9 Å². The Hall–Kier alpha value is -2.24. The number of allylic oxidation sites excluding steroid dienone is 1. The molecular weight excluding hydrogens is 341 g/mol. The number of esters is 2. The molecule has 0 aromatic heterocycles. The fourth-order valence-corrected chi connectivity index (χ4v) is 3.47. The van der Waals surface area contributed by atoms with Crippen LogP contribution in [0.3, 0.4) is 0 Å². The molecule has 0 saturated carbocycles. The third kappa shape index (κ3) is 5.62. The van der Waals surface area contributed by atoms with Crippen molar-refractivity contribution < 1.29 is 19.1 Å². The standard InChI is InChI=1S/C21H30BNO4/c1-5-14(4)23-19-11-16-9-8-10-17(18(16)12-22-19)21(25)27-13-26-20(24)15(6-2)7-3/h8-10,15,19,22-23H,4-7,11-13H2,1-3H3/t19-/m0/s1. The fraction of sp³-hybridized carbons (Fsp3) is 0.524. The summed E-state index contributed by atoms with van der Waals surface area (Å²) in [5, 5.41) is 3.46. The SMILES string of the molecule is C=C(CC)N[C@@H]1BCc2c(cccc2C(=O)OCOC(=O)C(CC)CC)C1. The second-order valence-corrected chi connectivity index (χ2v) is 7.01. The highest BCUT2D eigenvalue weighted by Crippen LogP contribution is 2.23. The van der Waals surface area contributed by atoms with Crippen molar-refractivity contribution in [3.63, 3.8) is 0 Å². The maximum atomic E-state index is 12.5. The first-order chi connectivity index (χ1) is 13.0. The van der Waals surface area contributed by atoms with Crippen LogP contribution in [0.15, 0.2) is 30.5 Å². The van der Waals surface area contributed by atoms with E-state index in [1.54, 1.807) is 6.07 Å². The zero-order chi connectivity index (χ0) is 19.8. The number of hydrogen-bond donors (Lipinski definition) is 1. The quantitative estimate of drug-likeness (QED) is 0.411. The van der Waals surface area contributed by atoms with Gasteiger partial charge in [0.25, 0.3) is 0 Å². The largest absolute Gasteiger partial charge is 0.428 e. The molecule has 6 heteroatoms. The van der Waals surface area contributed by atoms with Crippen molar-refractivity contribution in [2.45, 2.75) is 58.7 Å². The van der Waals surface area contributed by atoms with Gasteiger partial charge in [0.1, 0.15) is 0 Å². The molecule has 146 valence electrons. The summed E-state index contributed by atoms with van der Waals surface area (Å²) < 4.78 is 10.3. The monoisotopic (exact) mass is 371 g/mol. The third-order valence-corrected chi connectivity index (χ3v) is 5.25. The van der Waals surface area contributed by atoms with E-state index in [1.807, 2.05) is 19.9 Å². The molecule has 1 aliphatic rings. The van der Waals surface area contributed by atoms with E-state index in [0.29, 0.717) is 11.5 Å². The summed E-state index contributed by atoms with van der Waals surface area (Å²) in [5.41, 5.74) is 3.80. The zero-order valence-electron chi connectivity index (χ0n) is 16.7. The molecule has 0 saturated heterocycles. The minimum Gasteiger partial charge on any atom is -0.428 e. The van der Waals surface area contributed by atoms with Gasteiger partial charge in [-0.25, -0.2) is 4.79 Å². The van der Waals surface area contributed by atoms with E-state index in [0.717, 1.165) is 56.1 Å². The molecule has 0 bridgehead atoms. The van der Waals surface area contributed by atoms with Crippen molar-refractivity contribution in [1.82, 2.24) is 5.32 Å². The molecule has 5 nitrogen and oxygen atoms in total. The number of ether oxygens (including phenoxy) is 2. The normalized spacial score (nSPS) is 15.5. The lowest BCUT2D eigenvalue weighted by molar-refractivity contribution is -0.157. The number of rotatable bonds is 9. The van der Waals surface area contributed by atoms with Gasteiger partial charge in [-0.05, 0) is 49.2 Å². The van der Waals surface area contributed by atoms with Crippen LogP contribution >= 0.6 is 0 Å². The van der Waals surface area contributed by atoms with E-state index < -0.39 is 5.97 Å². The molecule has 0 radical (unpaired) electrons. The topological polar surface area (TPSA) is 64.6 Å². The lowest BCUT2D eigenvalue weighted by Crippen LogP contribution is -2.40. The Labute approximate surface area is 162 Å². The summed E-state index contributed by atoms with van der Waals surface area (Å²) in [7, 11) is 0.944. The lowest BCUT2D eigenvalue weighted by atomic mass is 9.57. The number of nitrogens with one attached hydrogen (secondary N) is 1. The Morgan fingerprint density at radius 3 is 2.67 bits per heavy atom. The predicted molar refractivity (Wildman–Crippen MR) is 108 cm³/mol. The van der Waals surface area contributed by atoms with Gasteiger partial charge in [-0.1, -0.05) is 39.5 Å². The molecule has 1 atom stereocenters. The summed E-state index contributed by atoms with van der Waals surface area (Å²) in [4.78, 5) is 24.3. The van der Waals surface area contributed by atoms with E-state index >= 15 is 0 Å². The number of carbonyl (C=O) groups excluding carboxylic acids is 2. The van der Waals surface area contributed by atoms with Crippen LogP contribution in [0.25, 0.3) is 0 Å². The summed E-state index contributed by atoms with van der Waals surface area (Å²) in [6.07, 6.45) is 4.01. The summed E-state index contributed by atoms with van der Waals surface area (Å²) in [6.45, 7) is 9.64. The molecule has 1 aromatic carbocycles. The van der Waals surface area contributed by atoms with Crippen molar-refractivity contribution in [2.75, 3.05) is 6.79 Å². The average molecular weight is 371 g/mol. The van der Waals surface area contributed by atoms with Crippen LogP contribution < -0.4 is 5.32 Å². The molecular formula is C21H30BNO4. The Balaban J connectivity index is 1.96. The van der Waals surface area contributed by atoms with Gasteiger partial charge in [0.05, 0.1) is 11.5 Å². The Kier molecular flexibility index (Phi) is 7.95. The molecule has 1 aromatic rings. The second kappa shape index (κ2) is 10.2. The van der Waals surface area contributed by atoms with Gasteiger partial charge in [0, 0.05) is 11.6 Å². The Morgan fingerprint density at radius 1 is 1.26 bits per heavy atom. The summed E-state index contributed by atoms with van der Waals surface area (Å²) >= 11 is 0. The summed E-state index contributed by atoms with van der Waals surface area (Å²) in [6, 6.07) is 5.72. The molecule has 1 aliphatic heterocycles. The number of benzene rings is 1. The van der Waals surface area contributed by atoms with Crippen LogP contribution in [-0.4, -0.2) is 32.0 Å². The van der Waals surface area contributed by atoms with Crippen molar-refractivity contribution >= 4 is 19.2 Å². The maximum absolute atomic E-state index is 12.5. The van der Waals surface area contributed by atoms with Crippen LogP contribution in [0.4, 0.5) is 0 Å². The second-order valence-electron chi connectivity index (χ2n) is 7.01. The predicted octanol–water partition coefficient (Wildman–Crippen LogP) is 3.11. The molecule has 0 fully saturated rings. The molecule has 1 N–H and O–H groups in total. The first-order valence-electron chi connectivity index (χ1n) is 9.88. The van der Waals surface area contributed by atoms with Crippen LogP contribution in [0.2, 0.25) is 0 Å². The van der Waals surface area contributed by atoms with Crippen LogP contribution in [-0.2, 0) is 27.0 Å². The van der Waals surface area contributed by atoms with Crippen molar-refractivity contribution in [1.29, 1.82) is 0 Å². The number of carbonyl (C=O) groups is 2. The van der Waals surface area contributed by atoms with E-state index in [9.17, 15) is 9.59 Å². The highest BCUT2D eigenvalue weighted by Gasteiger charge is 2.25. The first kappa shape index (κ1) is 21.1. The fourth-order valence-electron chi connectivity index (χ4n) is 3.47. The Morgan fingerprint density at radius 2 is 2.00 bits per heavy atom. The highest BCUT2D eigenvalue weighted by molar-refractivity contribution is 6.38. The highest BCUT2D eigenvalue weighted by atomic mass is 16.7.